The van der Waals surface area contributed by atoms with Gasteiger partial charge in [-0.05, 0) is 6.07 Å². The maximum absolute atomic E-state index is 11.7. The molecule has 2 rings (SSSR count). The van der Waals surface area contributed by atoms with E-state index in [9.17, 15) is 9.59 Å². The minimum Gasteiger partial charge on any atom is -0.329 e. The molecule has 0 aliphatic carbocycles. The predicted molar refractivity (Wildman–Crippen MR) is 62.1 cm³/mol. The van der Waals surface area contributed by atoms with Gasteiger partial charge in [-0.15, -0.1) is 0 Å². The summed E-state index contributed by atoms with van der Waals surface area (Å²) in [5, 5.41) is 2.72. The molecular formula is C10H7ClN4O2. The number of hydrogen-bond acceptors (Lipinski definition) is 4. The molecule has 0 spiro atoms. The molecular weight excluding hydrogens is 244 g/mol. The van der Waals surface area contributed by atoms with Crippen LogP contribution in [0.25, 0.3) is 0 Å². The third-order valence-corrected chi connectivity index (χ3v) is 2.12. The van der Waals surface area contributed by atoms with Crippen LogP contribution in [0.4, 0.5) is 5.82 Å². The lowest BCUT2D eigenvalue weighted by molar-refractivity contribution is 0.102. The highest BCUT2D eigenvalue weighted by atomic mass is 35.5. The molecule has 0 radical (unpaired) electrons. The molecule has 86 valence electrons. The highest BCUT2D eigenvalue weighted by Crippen LogP contribution is 2.09. The number of halogens is 1. The van der Waals surface area contributed by atoms with E-state index in [1.165, 1.54) is 30.7 Å². The van der Waals surface area contributed by atoms with E-state index in [-0.39, 0.29) is 22.1 Å². The van der Waals surface area contributed by atoms with Crippen LogP contribution in [0.2, 0.25) is 5.15 Å². The number of carbonyl (C=O) groups excluding carboxylic acids is 1. The molecule has 0 aliphatic heterocycles. The van der Waals surface area contributed by atoms with Crippen molar-refractivity contribution in [1.82, 2.24) is 15.0 Å². The van der Waals surface area contributed by atoms with Gasteiger partial charge in [0.15, 0.2) is 0 Å². The number of anilines is 1. The Balaban J connectivity index is 2.20. The first-order valence-corrected chi connectivity index (χ1v) is 5.00. The number of aromatic amines is 1. The number of nitrogens with zero attached hydrogens (tertiary/aromatic N) is 2. The maximum Gasteiger partial charge on any atom is 0.257 e. The van der Waals surface area contributed by atoms with E-state index in [1.54, 1.807) is 0 Å². The average Bonchev–Trinajstić information content (AvgIpc) is 2.29. The summed E-state index contributed by atoms with van der Waals surface area (Å²) in [5.41, 5.74) is -0.109. The fourth-order valence-electron chi connectivity index (χ4n) is 1.18. The third-order valence-electron chi connectivity index (χ3n) is 1.91. The number of aromatic nitrogens is 3. The Morgan fingerprint density at radius 3 is 2.88 bits per heavy atom. The third kappa shape index (κ3) is 2.88. The van der Waals surface area contributed by atoms with Crippen LogP contribution in [-0.4, -0.2) is 20.9 Å². The molecule has 17 heavy (non-hydrogen) atoms. The second-order valence-electron chi connectivity index (χ2n) is 3.12. The molecule has 2 aromatic rings. The molecule has 0 atom stereocenters. The molecule has 0 bridgehead atoms. The first-order valence-electron chi connectivity index (χ1n) is 4.63. The topological polar surface area (TPSA) is 87.7 Å². The zero-order valence-corrected chi connectivity index (χ0v) is 9.23. The zero-order chi connectivity index (χ0) is 12.3. The second kappa shape index (κ2) is 4.75. The molecule has 1 amide bonds. The number of pyridine rings is 1. The highest BCUT2D eigenvalue weighted by Gasteiger charge is 2.07. The summed E-state index contributed by atoms with van der Waals surface area (Å²) in [5.74, 6) is -0.166. The van der Waals surface area contributed by atoms with Crippen LogP contribution in [0.15, 0.2) is 35.5 Å². The number of amides is 1. The normalized spacial score (nSPS) is 9.94. The predicted octanol–water partition coefficient (Wildman–Crippen LogP) is 1.07. The van der Waals surface area contributed by atoms with Crippen LogP contribution < -0.4 is 10.9 Å². The van der Waals surface area contributed by atoms with E-state index in [1.807, 2.05) is 0 Å². The number of carbonyl (C=O) groups is 1. The van der Waals surface area contributed by atoms with Gasteiger partial charge in [-0.1, -0.05) is 11.6 Å². The largest absolute Gasteiger partial charge is 0.329 e. The van der Waals surface area contributed by atoms with Crippen LogP contribution in [0.3, 0.4) is 0 Å². The first-order chi connectivity index (χ1) is 8.15. The summed E-state index contributed by atoms with van der Waals surface area (Å²) in [6, 6.07) is 4.09. The average molecular weight is 251 g/mol. The lowest BCUT2D eigenvalue weighted by atomic mass is 10.2. The van der Waals surface area contributed by atoms with Crippen LogP contribution in [0.5, 0.6) is 0 Å². The van der Waals surface area contributed by atoms with Crippen molar-refractivity contribution in [2.75, 3.05) is 5.32 Å². The number of nitrogens with one attached hydrogen (secondary N) is 2. The maximum atomic E-state index is 11.7. The van der Waals surface area contributed by atoms with Gasteiger partial charge in [-0.3, -0.25) is 9.59 Å². The summed E-state index contributed by atoms with van der Waals surface area (Å²) < 4.78 is 0. The van der Waals surface area contributed by atoms with Gasteiger partial charge in [0.05, 0.1) is 0 Å². The van der Waals surface area contributed by atoms with Gasteiger partial charge >= 0.3 is 0 Å². The molecule has 2 aromatic heterocycles. The number of rotatable bonds is 2. The summed E-state index contributed by atoms with van der Waals surface area (Å²) in [4.78, 5) is 32.6. The Morgan fingerprint density at radius 2 is 2.18 bits per heavy atom. The van der Waals surface area contributed by atoms with Gasteiger partial charge in [0.2, 0.25) is 5.56 Å². The van der Waals surface area contributed by atoms with Gasteiger partial charge in [-0.2, -0.15) is 0 Å². The number of hydrogen-bond donors (Lipinski definition) is 2. The minimum absolute atomic E-state index is 0.223. The van der Waals surface area contributed by atoms with Gasteiger partial charge in [0.1, 0.15) is 17.3 Å². The van der Waals surface area contributed by atoms with E-state index in [0.717, 1.165) is 0 Å². The number of H-pyrrole nitrogens is 1. The van der Waals surface area contributed by atoms with Crippen LogP contribution in [0, 0.1) is 0 Å². The minimum atomic E-state index is -0.439. The van der Waals surface area contributed by atoms with Crippen molar-refractivity contribution in [3.63, 3.8) is 0 Å². The first kappa shape index (κ1) is 11.3. The van der Waals surface area contributed by atoms with Gasteiger partial charge in [0, 0.05) is 23.9 Å². The Hall–Kier alpha value is -2.21. The van der Waals surface area contributed by atoms with E-state index in [4.69, 9.17) is 11.6 Å². The van der Waals surface area contributed by atoms with Gasteiger partial charge < -0.3 is 10.3 Å². The van der Waals surface area contributed by atoms with Crippen molar-refractivity contribution in [3.8, 4) is 0 Å². The van der Waals surface area contributed by atoms with Crippen molar-refractivity contribution in [2.24, 2.45) is 0 Å². The Morgan fingerprint density at radius 1 is 1.35 bits per heavy atom. The molecule has 0 saturated heterocycles. The van der Waals surface area contributed by atoms with Crippen molar-refractivity contribution >= 4 is 23.3 Å². The molecule has 0 fully saturated rings. The van der Waals surface area contributed by atoms with Crippen molar-refractivity contribution < 1.29 is 4.79 Å². The van der Waals surface area contributed by atoms with Gasteiger partial charge in [-0.25, -0.2) is 9.97 Å². The smallest absolute Gasteiger partial charge is 0.257 e. The second-order valence-corrected chi connectivity index (χ2v) is 3.51. The fourth-order valence-corrected chi connectivity index (χ4v) is 1.32. The van der Waals surface area contributed by atoms with Crippen LogP contribution >= 0.6 is 11.6 Å². The van der Waals surface area contributed by atoms with E-state index < -0.39 is 5.91 Å². The molecule has 0 unspecified atom stereocenters. The molecule has 7 heteroatoms. The Labute approximate surface area is 101 Å². The lowest BCUT2D eigenvalue weighted by Gasteiger charge is -2.03. The van der Waals surface area contributed by atoms with E-state index in [2.05, 4.69) is 20.3 Å². The molecule has 0 saturated carbocycles. The highest BCUT2D eigenvalue weighted by molar-refractivity contribution is 6.29. The summed E-state index contributed by atoms with van der Waals surface area (Å²) in [7, 11) is 0. The summed E-state index contributed by atoms with van der Waals surface area (Å²) in [6.45, 7) is 0. The van der Waals surface area contributed by atoms with Crippen molar-refractivity contribution in [3.05, 3.63) is 51.8 Å². The quantitative estimate of drug-likeness (QED) is 0.781. The lowest BCUT2D eigenvalue weighted by Crippen LogP contribution is -2.16. The van der Waals surface area contributed by atoms with Gasteiger partial charge in [0.25, 0.3) is 5.91 Å². The van der Waals surface area contributed by atoms with Crippen LogP contribution in [0.1, 0.15) is 10.4 Å². The van der Waals surface area contributed by atoms with Crippen molar-refractivity contribution in [2.45, 2.75) is 0 Å². The van der Waals surface area contributed by atoms with Crippen LogP contribution in [-0.2, 0) is 0 Å². The molecule has 2 heterocycles. The SMILES string of the molecule is O=C(Nc1cc(Cl)ncn1)c1cc[nH]c(=O)c1. The Bertz CT molecular complexity index is 611. The summed E-state index contributed by atoms with van der Waals surface area (Å²) >= 11 is 5.64. The van der Waals surface area contributed by atoms with E-state index in [0.29, 0.717) is 0 Å². The van der Waals surface area contributed by atoms with E-state index >= 15 is 0 Å². The fraction of sp³-hybridized carbons (Fsp3) is 0. The molecule has 0 aliphatic rings. The van der Waals surface area contributed by atoms with Crippen molar-refractivity contribution in [1.29, 1.82) is 0 Å². The zero-order valence-electron chi connectivity index (χ0n) is 8.48. The molecule has 6 nitrogen and oxygen atoms in total. The summed E-state index contributed by atoms with van der Waals surface area (Å²) in [6.07, 6.45) is 2.62. The molecule has 0 aromatic carbocycles. The Kier molecular flexibility index (Phi) is 3.15. The molecule has 2 N–H and O–H groups in total. The standard InChI is InChI=1S/C10H7ClN4O2/c11-7-4-8(14-5-13-7)15-10(17)6-1-2-12-9(16)3-6/h1-5H,(H,12,16)(H,13,14,15,17). The monoisotopic (exact) mass is 250 g/mol.